The fraction of sp³-hybridized carbons (Fsp3) is 0.0625. The predicted molar refractivity (Wildman–Crippen MR) is 90.5 cm³/mol. The van der Waals surface area contributed by atoms with Gasteiger partial charge in [-0.2, -0.15) is 8.78 Å². The number of nitrogens with two attached hydrogens (primary N) is 1. The second kappa shape index (κ2) is 7.40. The molecular formula is C16H11F3N4O2S. The molecule has 3 rings (SSSR count). The Balaban J connectivity index is 1.77. The minimum absolute atomic E-state index is 0.0116. The summed E-state index contributed by atoms with van der Waals surface area (Å²) in [7, 11) is 0. The number of aromatic nitrogens is 2. The number of nitrogen functional groups attached to an aromatic ring is 1. The molecule has 0 aliphatic rings. The maximum atomic E-state index is 12.9. The summed E-state index contributed by atoms with van der Waals surface area (Å²) in [6.45, 7) is -3.00. The second-order valence-electron chi connectivity index (χ2n) is 4.96. The molecule has 10 heteroatoms. The summed E-state index contributed by atoms with van der Waals surface area (Å²) in [5.41, 5.74) is 6.51. The van der Waals surface area contributed by atoms with Crippen molar-refractivity contribution in [3.8, 4) is 5.88 Å². The van der Waals surface area contributed by atoms with Crippen LogP contribution in [0.25, 0.3) is 0 Å². The van der Waals surface area contributed by atoms with Gasteiger partial charge in [-0.3, -0.25) is 4.79 Å². The zero-order valence-corrected chi connectivity index (χ0v) is 13.8. The summed E-state index contributed by atoms with van der Waals surface area (Å²) >= 11 is 1.01. The van der Waals surface area contributed by atoms with Gasteiger partial charge in [0.15, 0.2) is 5.13 Å². The van der Waals surface area contributed by atoms with Crippen LogP contribution < -0.4 is 15.8 Å². The standard InChI is InChI=1S/C16H11F3N4O2S/c17-9-2-4-10(5-3-9)22-16-23-14(20)13(26-16)12(24)8-1-6-11(21-7-8)25-15(18)19/h1-7,15H,20H2,(H,22,23). The highest BCUT2D eigenvalue weighted by atomic mass is 32.1. The highest BCUT2D eigenvalue weighted by Crippen LogP contribution is 2.29. The number of thiazole rings is 1. The molecule has 0 saturated heterocycles. The van der Waals surface area contributed by atoms with Gasteiger partial charge in [0.2, 0.25) is 11.7 Å². The molecule has 6 nitrogen and oxygen atoms in total. The lowest BCUT2D eigenvalue weighted by Crippen LogP contribution is -2.06. The average Bonchev–Trinajstić information content (AvgIpc) is 2.97. The summed E-state index contributed by atoms with van der Waals surface area (Å²) in [6.07, 6.45) is 1.12. The average molecular weight is 380 g/mol. The summed E-state index contributed by atoms with van der Waals surface area (Å²) in [5, 5.41) is 3.27. The zero-order chi connectivity index (χ0) is 18.7. The van der Waals surface area contributed by atoms with Gasteiger partial charge in [-0.1, -0.05) is 11.3 Å². The van der Waals surface area contributed by atoms with Crippen molar-refractivity contribution < 1.29 is 22.7 Å². The van der Waals surface area contributed by atoms with Gasteiger partial charge >= 0.3 is 6.61 Å². The Morgan fingerprint density at radius 3 is 2.54 bits per heavy atom. The number of carbonyl (C=O) groups is 1. The number of nitrogens with one attached hydrogen (secondary N) is 1. The third kappa shape index (κ3) is 4.09. The van der Waals surface area contributed by atoms with Crippen LogP contribution in [-0.4, -0.2) is 22.4 Å². The lowest BCUT2D eigenvalue weighted by molar-refractivity contribution is -0.0528. The molecule has 3 aromatic rings. The number of benzene rings is 1. The number of alkyl halides is 2. The van der Waals surface area contributed by atoms with Gasteiger partial charge < -0.3 is 15.8 Å². The first-order valence-electron chi connectivity index (χ1n) is 7.17. The highest BCUT2D eigenvalue weighted by Gasteiger charge is 2.19. The van der Waals surface area contributed by atoms with Crippen LogP contribution in [0.3, 0.4) is 0 Å². The van der Waals surface area contributed by atoms with E-state index in [4.69, 9.17) is 5.73 Å². The number of carbonyl (C=O) groups excluding carboxylic acids is 1. The molecule has 0 spiro atoms. The number of hydrogen-bond acceptors (Lipinski definition) is 7. The van der Waals surface area contributed by atoms with Crippen molar-refractivity contribution >= 4 is 33.8 Å². The predicted octanol–water partition coefficient (Wildman–Crippen LogP) is 3.84. The molecule has 134 valence electrons. The van der Waals surface area contributed by atoms with E-state index in [1.807, 2.05) is 0 Å². The van der Waals surface area contributed by atoms with Crippen LogP contribution in [0, 0.1) is 5.82 Å². The van der Waals surface area contributed by atoms with Crippen molar-refractivity contribution in [3.63, 3.8) is 0 Å². The molecule has 1 aromatic carbocycles. The molecule has 0 amide bonds. The first kappa shape index (κ1) is 17.7. The molecular weight excluding hydrogens is 369 g/mol. The molecule has 0 aliphatic carbocycles. The van der Waals surface area contributed by atoms with Crippen molar-refractivity contribution in [1.29, 1.82) is 0 Å². The van der Waals surface area contributed by atoms with Gasteiger partial charge in [-0.25, -0.2) is 14.4 Å². The number of ketones is 1. The van der Waals surface area contributed by atoms with Crippen LogP contribution in [0.2, 0.25) is 0 Å². The van der Waals surface area contributed by atoms with E-state index < -0.39 is 12.4 Å². The quantitative estimate of drug-likeness (QED) is 0.632. The third-order valence-electron chi connectivity index (χ3n) is 3.16. The number of anilines is 3. The van der Waals surface area contributed by atoms with Gasteiger partial charge in [-0.15, -0.1) is 0 Å². The fourth-order valence-corrected chi connectivity index (χ4v) is 2.88. The second-order valence-corrected chi connectivity index (χ2v) is 5.96. The Morgan fingerprint density at radius 1 is 1.19 bits per heavy atom. The van der Waals surface area contributed by atoms with Gasteiger partial charge in [-0.05, 0) is 30.3 Å². The van der Waals surface area contributed by atoms with E-state index in [1.165, 1.54) is 30.3 Å². The molecule has 0 atom stereocenters. The Labute approximate surface area is 149 Å². The molecule has 0 unspecified atom stereocenters. The molecule has 3 N–H and O–H groups in total. The summed E-state index contributed by atoms with van der Waals surface area (Å²) < 4.78 is 41.3. The smallest absolute Gasteiger partial charge is 0.388 e. The molecule has 0 fully saturated rings. The lowest BCUT2D eigenvalue weighted by atomic mass is 10.1. The van der Waals surface area contributed by atoms with Crippen LogP contribution in [0.15, 0.2) is 42.6 Å². The SMILES string of the molecule is Nc1nc(Nc2ccc(F)cc2)sc1C(=O)c1ccc(OC(F)F)nc1. The van der Waals surface area contributed by atoms with Crippen LogP contribution in [-0.2, 0) is 0 Å². The Morgan fingerprint density at radius 2 is 1.92 bits per heavy atom. The van der Waals surface area contributed by atoms with E-state index in [-0.39, 0.29) is 28.0 Å². The maximum absolute atomic E-state index is 12.9. The molecule has 2 heterocycles. The Bertz CT molecular complexity index is 914. The van der Waals surface area contributed by atoms with E-state index >= 15 is 0 Å². The normalized spacial score (nSPS) is 10.8. The van der Waals surface area contributed by atoms with Crippen molar-refractivity contribution in [2.45, 2.75) is 6.61 Å². The van der Waals surface area contributed by atoms with Gasteiger partial charge in [0.25, 0.3) is 0 Å². The van der Waals surface area contributed by atoms with Crippen LogP contribution in [0.4, 0.5) is 29.8 Å². The van der Waals surface area contributed by atoms with Gasteiger partial charge in [0.1, 0.15) is 16.5 Å². The van der Waals surface area contributed by atoms with Gasteiger partial charge in [0, 0.05) is 23.5 Å². The largest absolute Gasteiger partial charge is 0.417 e. The van der Waals surface area contributed by atoms with Crippen molar-refractivity contribution in [2.75, 3.05) is 11.1 Å². The minimum atomic E-state index is -3.00. The number of halogens is 3. The number of pyridine rings is 1. The monoisotopic (exact) mass is 380 g/mol. The van der Waals surface area contributed by atoms with Crippen molar-refractivity contribution in [1.82, 2.24) is 9.97 Å². The van der Waals surface area contributed by atoms with E-state index in [2.05, 4.69) is 20.0 Å². The summed E-state index contributed by atoms with van der Waals surface area (Å²) in [5.74, 6) is -1.12. The van der Waals surface area contributed by atoms with E-state index in [1.54, 1.807) is 0 Å². The van der Waals surface area contributed by atoms with Gasteiger partial charge in [0.05, 0.1) is 0 Å². The Kier molecular flexibility index (Phi) is 5.03. The Hall–Kier alpha value is -3.14. The fourth-order valence-electron chi connectivity index (χ4n) is 2.01. The third-order valence-corrected chi connectivity index (χ3v) is 4.15. The van der Waals surface area contributed by atoms with E-state index in [0.717, 1.165) is 23.6 Å². The first-order valence-corrected chi connectivity index (χ1v) is 7.98. The highest BCUT2D eigenvalue weighted by molar-refractivity contribution is 7.18. The minimum Gasteiger partial charge on any atom is -0.417 e. The van der Waals surface area contributed by atoms with Crippen LogP contribution in [0.1, 0.15) is 15.2 Å². The van der Waals surface area contributed by atoms with Crippen molar-refractivity contribution in [2.24, 2.45) is 0 Å². The first-order chi connectivity index (χ1) is 12.4. The molecule has 0 bridgehead atoms. The number of ether oxygens (including phenoxy) is 1. The molecule has 0 saturated carbocycles. The molecule has 0 aliphatic heterocycles. The lowest BCUT2D eigenvalue weighted by Gasteiger charge is -2.03. The van der Waals surface area contributed by atoms with Crippen LogP contribution in [0.5, 0.6) is 5.88 Å². The maximum Gasteiger partial charge on any atom is 0.388 e. The summed E-state index contributed by atoms with van der Waals surface area (Å²) in [4.78, 5) is 20.4. The topological polar surface area (TPSA) is 90.1 Å². The van der Waals surface area contributed by atoms with E-state index in [9.17, 15) is 18.0 Å². The number of hydrogen-bond donors (Lipinski definition) is 2. The number of nitrogens with zero attached hydrogens (tertiary/aromatic N) is 2. The van der Waals surface area contributed by atoms with Crippen molar-refractivity contribution in [3.05, 3.63) is 58.9 Å². The molecule has 2 aromatic heterocycles. The summed E-state index contributed by atoms with van der Waals surface area (Å²) in [6, 6.07) is 8.05. The molecule has 0 radical (unpaired) electrons. The molecule has 26 heavy (non-hydrogen) atoms. The number of rotatable bonds is 6. The van der Waals surface area contributed by atoms with Crippen LogP contribution >= 0.6 is 11.3 Å². The van der Waals surface area contributed by atoms with E-state index in [0.29, 0.717) is 10.8 Å². The zero-order valence-electron chi connectivity index (χ0n) is 12.9.